The van der Waals surface area contributed by atoms with E-state index in [2.05, 4.69) is 16.2 Å². The topological polar surface area (TPSA) is 24.4 Å². The van der Waals surface area contributed by atoms with Crippen LogP contribution in [-0.2, 0) is 0 Å². The molecule has 2 nitrogen and oxygen atoms in total. The predicted octanol–water partition coefficient (Wildman–Crippen LogP) is 5.37. The minimum absolute atomic E-state index is 0.0687. The van der Waals surface area contributed by atoms with Crippen molar-refractivity contribution in [2.75, 3.05) is 18.8 Å². The first-order valence-electron chi connectivity index (χ1n) is 9.46. The molecule has 1 heterocycles. The molecule has 2 aliphatic carbocycles. The first kappa shape index (κ1) is 22.6. The van der Waals surface area contributed by atoms with Crippen molar-refractivity contribution in [3.8, 4) is 11.8 Å². The van der Waals surface area contributed by atoms with E-state index in [0.717, 1.165) is 36.5 Å². The van der Waals surface area contributed by atoms with Crippen LogP contribution < -0.4 is 5.32 Å². The van der Waals surface area contributed by atoms with Crippen LogP contribution in [0.4, 0.5) is 26.3 Å². The van der Waals surface area contributed by atoms with Crippen LogP contribution in [0, 0.1) is 17.8 Å². The molecular weight excluding hydrogens is 426 g/mol. The van der Waals surface area contributed by atoms with Crippen molar-refractivity contribution in [3.63, 3.8) is 0 Å². The van der Waals surface area contributed by atoms with Crippen LogP contribution in [0.3, 0.4) is 0 Å². The summed E-state index contributed by atoms with van der Waals surface area (Å²) in [4.78, 5) is 4.46. The zero-order valence-corrected chi connectivity index (χ0v) is 16.7. The van der Waals surface area contributed by atoms with Gasteiger partial charge in [0.05, 0.1) is 0 Å². The van der Waals surface area contributed by atoms with Gasteiger partial charge < -0.3 is 5.32 Å². The minimum Gasteiger partial charge on any atom is -0.370 e. The van der Waals surface area contributed by atoms with Crippen molar-refractivity contribution in [1.82, 2.24) is 5.32 Å². The first-order valence-corrected chi connectivity index (χ1v) is 10.5. The fraction of sp³-hybridized carbons (Fsp3) is 0.476. The number of aliphatic imine (C=N–C) groups is 1. The highest BCUT2D eigenvalue weighted by Gasteiger charge is 2.39. The van der Waals surface area contributed by atoms with E-state index in [1.807, 2.05) is 24.1 Å². The van der Waals surface area contributed by atoms with Crippen molar-refractivity contribution in [3.05, 3.63) is 47.1 Å². The molecule has 2 atom stereocenters. The Bertz CT molecular complexity index is 865. The van der Waals surface area contributed by atoms with Crippen LogP contribution in [0.25, 0.3) is 0 Å². The van der Waals surface area contributed by atoms with E-state index in [-0.39, 0.29) is 16.6 Å². The molecule has 9 heteroatoms. The molecule has 0 bridgehead atoms. The van der Waals surface area contributed by atoms with Crippen molar-refractivity contribution >= 4 is 17.6 Å². The third-order valence-corrected chi connectivity index (χ3v) is 6.14. The number of halogens is 6. The maximum Gasteiger partial charge on any atom is 0.413 e. The van der Waals surface area contributed by atoms with Crippen molar-refractivity contribution in [1.29, 1.82) is 0 Å². The molecule has 0 aromatic rings. The van der Waals surface area contributed by atoms with Crippen LogP contribution in [0.1, 0.15) is 19.3 Å². The maximum atomic E-state index is 13.5. The molecular formula is C21H20F6N2S. The van der Waals surface area contributed by atoms with Gasteiger partial charge in [0, 0.05) is 41.7 Å². The summed E-state index contributed by atoms with van der Waals surface area (Å²) in [6.07, 6.45) is -1.15. The van der Waals surface area contributed by atoms with Gasteiger partial charge in [-0.05, 0) is 18.4 Å². The van der Waals surface area contributed by atoms with Gasteiger partial charge in [-0.2, -0.15) is 26.3 Å². The molecule has 0 fully saturated rings. The molecule has 1 aliphatic heterocycles. The second-order valence-electron chi connectivity index (χ2n) is 6.97. The standard InChI is InChI=1S/C21H20F6N2S/c22-20(23,24)15-5-3-7-17(21(25,26)27)14(9-10-15)13-30-18-8-2-1-6-16(18)19-28-11-4-12-29-19/h1-2,6,9-10,15,18H,4,7-8,11-13H2,(H,28,29)/b10-9-,17-14-. The lowest BCUT2D eigenvalue weighted by atomic mass is 9.99. The van der Waals surface area contributed by atoms with E-state index in [1.54, 1.807) is 0 Å². The summed E-state index contributed by atoms with van der Waals surface area (Å²) >= 11 is 1.27. The van der Waals surface area contributed by atoms with Crippen molar-refractivity contribution in [2.24, 2.45) is 10.9 Å². The van der Waals surface area contributed by atoms with Gasteiger partial charge in [0.15, 0.2) is 0 Å². The molecule has 30 heavy (non-hydrogen) atoms. The Labute approximate surface area is 175 Å². The average molecular weight is 446 g/mol. The van der Waals surface area contributed by atoms with E-state index in [9.17, 15) is 26.3 Å². The Morgan fingerprint density at radius 1 is 1.20 bits per heavy atom. The highest BCUT2D eigenvalue weighted by molar-refractivity contribution is 8.00. The third-order valence-electron chi connectivity index (χ3n) is 4.81. The van der Waals surface area contributed by atoms with Crippen molar-refractivity contribution in [2.45, 2.75) is 36.9 Å². The predicted molar refractivity (Wildman–Crippen MR) is 107 cm³/mol. The lowest BCUT2D eigenvalue weighted by molar-refractivity contribution is -0.146. The second-order valence-corrected chi connectivity index (χ2v) is 8.17. The number of nitrogens with zero attached hydrogens (tertiary/aromatic N) is 1. The van der Waals surface area contributed by atoms with E-state index in [4.69, 9.17) is 0 Å². The van der Waals surface area contributed by atoms with Gasteiger partial charge in [-0.3, -0.25) is 4.99 Å². The minimum atomic E-state index is -4.65. The van der Waals surface area contributed by atoms with Crippen molar-refractivity contribution < 1.29 is 26.3 Å². The van der Waals surface area contributed by atoms with Gasteiger partial charge in [-0.15, -0.1) is 11.8 Å². The summed E-state index contributed by atoms with van der Waals surface area (Å²) in [6.45, 7) is 1.46. The summed E-state index contributed by atoms with van der Waals surface area (Å²) in [5.41, 5.74) is -0.147. The van der Waals surface area contributed by atoms with E-state index in [1.165, 1.54) is 11.8 Å². The number of hydrogen-bond acceptors (Lipinski definition) is 3. The maximum absolute atomic E-state index is 13.5. The van der Waals surface area contributed by atoms with Crippen LogP contribution in [0.2, 0.25) is 0 Å². The fourth-order valence-corrected chi connectivity index (χ4v) is 4.51. The highest BCUT2D eigenvalue weighted by atomic mass is 32.2. The molecule has 0 amide bonds. The monoisotopic (exact) mass is 446 g/mol. The van der Waals surface area contributed by atoms with Gasteiger partial charge in [-0.25, -0.2) is 0 Å². The number of amidine groups is 1. The zero-order valence-electron chi connectivity index (χ0n) is 15.9. The molecule has 3 aliphatic rings. The van der Waals surface area contributed by atoms with Crippen LogP contribution in [-0.4, -0.2) is 42.3 Å². The van der Waals surface area contributed by atoms with E-state index < -0.39 is 30.3 Å². The van der Waals surface area contributed by atoms with Gasteiger partial charge in [0.2, 0.25) is 0 Å². The number of hydrogen-bond donors (Lipinski definition) is 1. The van der Waals surface area contributed by atoms with E-state index >= 15 is 0 Å². The Balaban J connectivity index is 1.83. The molecule has 2 unspecified atom stereocenters. The van der Waals surface area contributed by atoms with Crippen LogP contribution in [0.15, 0.2) is 52.1 Å². The smallest absolute Gasteiger partial charge is 0.370 e. The largest absolute Gasteiger partial charge is 0.413 e. The molecule has 1 N–H and O–H groups in total. The molecule has 0 saturated carbocycles. The lowest BCUT2D eigenvalue weighted by Gasteiger charge is -2.26. The zero-order chi connectivity index (χ0) is 21.8. The molecule has 0 spiro atoms. The summed E-state index contributed by atoms with van der Waals surface area (Å²) in [7, 11) is 0. The molecule has 3 rings (SSSR count). The number of rotatable bonds is 4. The fourth-order valence-electron chi connectivity index (χ4n) is 3.25. The lowest BCUT2D eigenvalue weighted by Crippen LogP contribution is -2.34. The van der Waals surface area contributed by atoms with E-state index in [0.29, 0.717) is 13.0 Å². The molecule has 0 radical (unpaired) electrons. The Kier molecular flexibility index (Phi) is 7.06. The summed E-state index contributed by atoms with van der Waals surface area (Å²) in [6, 6.07) is 0. The van der Waals surface area contributed by atoms with Gasteiger partial charge in [-0.1, -0.05) is 42.2 Å². The van der Waals surface area contributed by atoms with Gasteiger partial charge >= 0.3 is 12.4 Å². The number of allylic oxidation sites excluding steroid dienone is 6. The molecule has 0 aromatic heterocycles. The molecule has 162 valence electrons. The Morgan fingerprint density at radius 3 is 2.67 bits per heavy atom. The summed E-state index contributed by atoms with van der Waals surface area (Å²) in [5, 5.41) is 3.08. The number of alkyl halides is 6. The first-order chi connectivity index (χ1) is 14.2. The normalized spacial score (nSPS) is 28.3. The van der Waals surface area contributed by atoms with Crippen LogP contribution >= 0.6 is 11.8 Å². The Hall–Kier alpha value is -2.08. The summed E-state index contributed by atoms with van der Waals surface area (Å²) in [5.74, 6) is 2.57. The second kappa shape index (κ2) is 9.38. The number of nitrogens with one attached hydrogen (secondary N) is 1. The number of thioether (sulfide) groups is 1. The molecule has 0 saturated heterocycles. The average Bonchev–Trinajstić information content (AvgIpc) is 2.66. The third kappa shape index (κ3) is 5.75. The Morgan fingerprint density at radius 2 is 2.00 bits per heavy atom. The molecule has 0 aromatic carbocycles. The van der Waals surface area contributed by atoms with Gasteiger partial charge in [0.1, 0.15) is 11.8 Å². The quantitative estimate of drug-likeness (QED) is 0.464. The van der Waals surface area contributed by atoms with Crippen LogP contribution in [0.5, 0.6) is 0 Å². The SMILES string of the molecule is FC(F)(F)/C1=C(CSC2CC=CC=C2C2=NCCCN2)/C=C\C(C(F)(F)F)C#CC1. The summed E-state index contributed by atoms with van der Waals surface area (Å²) < 4.78 is 79.6. The highest BCUT2D eigenvalue weighted by Crippen LogP contribution is 2.37. The van der Waals surface area contributed by atoms with Gasteiger partial charge in [0.25, 0.3) is 0 Å².